The fourth-order valence-electron chi connectivity index (χ4n) is 2.59. The van der Waals surface area contributed by atoms with E-state index in [1.807, 2.05) is 78.0 Å². The molecule has 182 valence electrons. The normalized spacial score (nSPS) is 10.3. The summed E-state index contributed by atoms with van der Waals surface area (Å²) in [4.78, 5) is 0. The van der Waals surface area contributed by atoms with Gasteiger partial charge in [-0.15, -0.1) is 0 Å². The molecule has 0 aliphatic heterocycles. The Morgan fingerprint density at radius 1 is 0.758 bits per heavy atom. The molecule has 1 aromatic heterocycles. The molecule has 0 spiro atoms. The average molecular weight is 568 g/mol. The van der Waals surface area contributed by atoms with Gasteiger partial charge in [-0.25, -0.2) is 0 Å². The predicted molar refractivity (Wildman–Crippen MR) is 128 cm³/mol. The van der Waals surface area contributed by atoms with Crippen LogP contribution in [0.3, 0.4) is 0 Å². The summed E-state index contributed by atoms with van der Waals surface area (Å²) in [5.74, 6) is 1.55. The third-order valence-corrected chi connectivity index (χ3v) is 5.13. The molecule has 0 atom stereocenters. The molecule has 0 unspecified atom stereocenters. The summed E-state index contributed by atoms with van der Waals surface area (Å²) >= 11 is 13.6. The summed E-state index contributed by atoms with van der Waals surface area (Å²) in [7, 11) is 0. The molecule has 3 nitrogen and oxygen atoms in total. The number of rotatable bonds is 1. The van der Waals surface area contributed by atoms with Crippen molar-refractivity contribution in [1.82, 2.24) is 0 Å². The molecule has 0 saturated heterocycles. The van der Waals surface area contributed by atoms with Gasteiger partial charge in [0.15, 0.2) is 0 Å². The number of phenols is 2. The van der Waals surface area contributed by atoms with Crippen molar-refractivity contribution in [3.8, 4) is 11.5 Å². The van der Waals surface area contributed by atoms with Gasteiger partial charge in [-0.2, -0.15) is 0 Å². The van der Waals surface area contributed by atoms with Gasteiger partial charge in [-0.3, -0.25) is 0 Å². The Hall–Kier alpha value is -0.936. The summed E-state index contributed by atoms with van der Waals surface area (Å²) < 4.78 is 6.84. The summed E-state index contributed by atoms with van der Waals surface area (Å²) in [6, 6.07) is 14.0. The van der Waals surface area contributed by atoms with Crippen molar-refractivity contribution in [2.75, 3.05) is 0 Å². The Morgan fingerprint density at radius 2 is 1.15 bits per heavy atom. The topological polar surface area (TPSA) is 53.6 Å². The number of halogens is 4. The van der Waals surface area contributed by atoms with Gasteiger partial charge < -0.3 is 35.0 Å². The standard InChI is InChI=1S/2C10H13ClO.C5H4O.2ClH.Ti/c2*1-10(2,3)8-6-7(11)4-5-9(8)12;1-5-3-2-4-6-5;;;/h2*4-6,12H,1-3H3;1-4H;2*1H;/p-2. The summed E-state index contributed by atoms with van der Waals surface area (Å²) in [5, 5.41) is 20.4. The number of aromatic hydroxyl groups is 2. The minimum absolute atomic E-state index is 0. The number of hydrogen-bond donors (Lipinski definition) is 2. The van der Waals surface area contributed by atoms with Gasteiger partial charge in [-0.1, -0.05) is 64.7 Å². The first-order valence-electron chi connectivity index (χ1n) is 9.77. The van der Waals surface area contributed by atoms with Crippen molar-refractivity contribution < 1.29 is 59.4 Å². The molecular weight excluding hydrogens is 538 g/mol. The van der Waals surface area contributed by atoms with Crippen LogP contribution in [0.4, 0.5) is 0 Å². The predicted octanol–water partition coefficient (Wildman–Crippen LogP) is 1.67. The quantitative estimate of drug-likeness (QED) is 0.440. The van der Waals surface area contributed by atoms with E-state index in [1.54, 1.807) is 42.7 Å². The summed E-state index contributed by atoms with van der Waals surface area (Å²) in [5.41, 5.74) is 1.65. The molecule has 0 radical (unpaired) electrons. The van der Waals surface area contributed by atoms with Gasteiger partial charge in [0, 0.05) is 21.2 Å². The number of hydrogen-bond acceptors (Lipinski definition) is 3. The Morgan fingerprint density at radius 3 is 1.36 bits per heavy atom. The molecule has 8 heteroatoms. The van der Waals surface area contributed by atoms with Crippen LogP contribution in [-0.4, -0.2) is 14.5 Å². The fraction of sp³-hybridized carbons (Fsp3) is 0.320. The first kappa shape index (κ1) is 34.2. The molecule has 0 aliphatic rings. The maximum absolute atomic E-state index is 9.51. The molecular formula is C25H30Cl4O3Ti-2. The Kier molecular flexibility index (Phi) is 15.7. The van der Waals surface area contributed by atoms with Crippen molar-refractivity contribution in [1.29, 1.82) is 0 Å². The molecule has 2 N–H and O–H groups in total. The van der Waals surface area contributed by atoms with Crippen LogP contribution in [0.15, 0.2) is 59.2 Å². The van der Waals surface area contributed by atoms with Crippen molar-refractivity contribution in [3.05, 3.63) is 81.7 Å². The van der Waals surface area contributed by atoms with Gasteiger partial charge in [0.25, 0.3) is 0 Å². The molecule has 0 aliphatic carbocycles. The van der Waals surface area contributed by atoms with E-state index in [9.17, 15) is 10.2 Å². The maximum atomic E-state index is 9.51. The zero-order chi connectivity index (χ0) is 23.8. The first-order valence-corrected chi connectivity index (χ1v) is 11.4. The minimum atomic E-state index is -0.0605. The Bertz CT molecular complexity index is 915. The number of furan rings is 1. The Labute approximate surface area is 231 Å². The van der Waals surface area contributed by atoms with Gasteiger partial charge in [0.05, 0.1) is 0 Å². The van der Waals surface area contributed by atoms with Crippen LogP contribution in [-0.2, 0) is 30.8 Å². The van der Waals surface area contributed by atoms with Crippen LogP contribution in [0.5, 0.6) is 11.5 Å². The summed E-state index contributed by atoms with van der Waals surface area (Å²) in [6.45, 7) is 12.2. The number of phenolic OH excluding ortho intramolecular Hbond substituents is 2. The van der Waals surface area contributed by atoms with Crippen LogP contribution >= 0.6 is 23.2 Å². The van der Waals surface area contributed by atoms with Crippen LogP contribution in [0.1, 0.15) is 58.4 Å². The van der Waals surface area contributed by atoms with E-state index in [2.05, 4.69) is 0 Å². The third kappa shape index (κ3) is 12.4. The van der Waals surface area contributed by atoms with Crippen LogP contribution in [0.25, 0.3) is 0 Å². The molecule has 3 rings (SSSR count). The van der Waals surface area contributed by atoms with E-state index in [1.165, 1.54) is 0 Å². The van der Waals surface area contributed by atoms with Crippen molar-refractivity contribution >= 4 is 27.5 Å². The Balaban J connectivity index is 0. The average Bonchev–Trinajstić information content (AvgIpc) is 3.19. The van der Waals surface area contributed by atoms with Gasteiger partial charge in [-0.05, 0) is 47.2 Å². The van der Waals surface area contributed by atoms with Gasteiger partial charge in [0.1, 0.15) is 11.5 Å². The van der Waals surface area contributed by atoms with Crippen molar-refractivity contribution in [3.63, 3.8) is 0 Å². The molecule has 0 amide bonds. The van der Waals surface area contributed by atoms with E-state index in [0.29, 0.717) is 21.5 Å². The second kappa shape index (κ2) is 15.1. The van der Waals surface area contributed by atoms with E-state index in [4.69, 9.17) is 27.6 Å². The van der Waals surface area contributed by atoms with E-state index in [0.717, 1.165) is 16.9 Å². The SMILES string of the molecule is CC(C)(C)c1cc(Cl)ccc1O.CC(C)(C)c1cc(Cl)ccc1O.[Cl-].[Cl-].[Ti]=[CH]c1ccco1. The van der Waals surface area contributed by atoms with Crippen molar-refractivity contribution in [2.24, 2.45) is 0 Å². The molecule has 2 aromatic carbocycles. The second-order valence-electron chi connectivity index (χ2n) is 8.98. The van der Waals surface area contributed by atoms with E-state index >= 15 is 0 Å². The van der Waals surface area contributed by atoms with Crippen LogP contribution in [0.2, 0.25) is 10.0 Å². The third-order valence-electron chi connectivity index (χ3n) is 4.22. The molecule has 1 heterocycles. The van der Waals surface area contributed by atoms with Crippen molar-refractivity contribution in [2.45, 2.75) is 52.4 Å². The fourth-order valence-corrected chi connectivity index (χ4v) is 3.19. The molecule has 0 bridgehead atoms. The summed E-state index contributed by atoms with van der Waals surface area (Å²) in [6.07, 6.45) is 1.66. The monoisotopic (exact) mass is 566 g/mol. The van der Waals surface area contributed by atoms with Gasteiger partial charge >= 0.3 is 52.9 Å². The van der Waals surface area contributed by atoms with Crippen LogP contribution < -0.4 is 24.8 Å². The first-order chi connectivity index (χ1) is 14.3. The molecule has 3 aromatic rings. The van der Waals surface area contributed by atoms with Gasteiger partial charge in [0.2, 0.25) is 0 Å². The number of benzene rings is 2. The second-order valence-corrected chi connectivity index (χ2v) is 10.3. The van der Waals surface area contributed by atoms with E-state index in [-0.39, 0.29) is 35.6 Å². The molecule has 33 heavy (non-hydrogen) atoms. The molecule has 0 fully saturated rings. The zero-order valence-electron chi connectivity index (χ0n) is 19.6. The zero-order valence-corrected chi connectivity index (χ0v) is 24.2. The van der Waals surface area contributed by atoms with E-state index < -0.39 is 0 Å². The van der Waals surface area contributed by atoms with Crippen LogP contribution in [0, 0.1) is 0 Å². The molecule has 0 saturated carbocycles.